The molecule has 3 nitrogen and oxygen atoms in total. The van der Waals surface area contributed by atoms with E-state index in [9.17, 15) is 5.11 Å². The van der Waals surface area contributed by atoms with Crippen molar-refractivity contribution in [1.29, 1.82) is 0 Å². The molecule has 1 aromatic rings. The van der Waals surface area contributed by atoms with Gasteiger partial charge in [0.2, 0.25) is 0 Å². The maximum Gasteiger partial charge on any atom is 0.138 e. The first-order valence-electron chi connectivity index (χ1n) is 6.48. The lowest BCUT2D eigenvalue weighted by Crippen LogP contribution is -2.38. The number of phenolic OH excluding ortho intramolecular Hbond substituents is 1. The highest BCUT2D eigenvalue weighted by atomic mass is 16.3. The summed E-state index contributed by atoms with van der Waals surface area (Å²) in [6.45, 7) is 4.71. The number of benzene rings is 1. The van der Waals surface area contributed by atoms with E-state index in [-0.39, 0.29) is 5.75 Å². The number of likely N-dealkylation sites (tertiary alicyclic amines) is 1. The molecule has 3 heteroatoms. The predicted octanol–water partition coefficient (Wildman–Crippen LogP) is 2.39. The highest BCUT2D eigenvalue weighted by Crippen LogP contribution is 2.22. The maximum absolute atomic E-state index is 9.39. The van der Waals surface area contributed by atoms with Gasteiger partial charge in [-0.1, -0.05) is 12.5 Å². The third kappa shape index (κ3) is 3.13. The minimum absolute atomic E-state index is 0.180. The molecule has 1 fully saturated rings. The molecule has 0 radical (unpaired) electrons. The molecule has 2 rings (SSSR count). The Balaban J connectivity index is 1.96. The Bertz CT molecular complexity index is 372. The minimum atomic E-state index is 0.180. The van der Waals surface area contributed by atoms with Crippen LogP contribution < -0.4 is 5.73 Å². The molecule has 1 unspecified atom stereocenters. The Morgan fingerprint density at radius 3 is 2.65 bits per heavy atom. The number of rotatable bonds is 3. The Morgan fingerprint density at radius 1 is 1.29 bits per heavy atom. The molecule has 17 heavy (non-hydrogen) atoms. The fraction of sp³-hybridized carbons (Fsp3) is 0.571. The summed E-state index contributed by atoms with van der Waals surface area (Å²) in [6, 6.07) is 6.09. The first kappa shape index (κ1) is 12.2. The molecule has 0 amide bonds. The highest BCUT2D eigenvalue weighted by molar-refractivity contribution is 5.53. The van der Waals surface area contributed by atoms with Crippen LogP contribution in [0.15, 0.2) is 18.2 Å². The molecule has 0 bridgehead atoms. The molecule has 0 aliphatic carbocycles. The van der Waals surface area contributed by atoms with Crippen LogP contribution in [-0.2, 0) is 6.42 Å². The third-order valence-corrected chi connectivity index (χ3v) is 3.64. The van der Waals surface area contributed by atoms with Crippen LogP contribution in [0.4, 0.5) is 5.69 Å². The second-order valence-corrected chi connectivity index (χ2v) is 5.04. The van der Waals surface area contributed by atoms with E-state index in [0.717, 1.165) is 6.42 Å². The van der Waals surface area contributed by atoms with E-state index in [4.69, 9.17) is 5.73 Å². The molecule has 0 aromatic heterocycles. The van der Waals surface area contributed by atoms with Crippen molar-refractivity contribution in [2.75, 3.05) is 18.8 Å². The van der Waals surface area contributed by atoms with E-state index in [1.165, 1.54) is 37.9 Å². The van der Waals surface area contributed by atoms with Crippen molar-refractivity contribution in [3.8, 4) is 5.75 Å². The van der Waals surface area contributed by atoms with Gasteiger partial charge in [0.15, 0.2) is 0 Å². The molecule has 1 aliphatic rings. The Morgan fingerprint density at radius 2 is 2.00 bits per heavy atom. The molecule has 1 saturated heterocycles. The van der Waals surface area contributed by atoms with Crippen molar-refractivity contribution in [1.82, 2.24) is 4.90 Å². The summed E-state index contributed by atoms with van der Waals surface area (Å²) >= 11 is 0. The number of nitrogen functional groups attached to an aromatic ring is 1. The molecule has 1 atom stereocenters. The van der Waals surface area contributed by atoms with Gasteiger partial charge in [-0.3, -0.25) is 0 Å². The van der Waals surface area contributed by atoms with E-state index in [1.807, 2.05) is 12.1 Å². The zero-order chi connectivity index (χ0) is 12.3. The fourth-order valence-electron chi connectivity index (χ4n) is 2.56. The van der Waals surface area contributed by atoms with Crippen LogP contribution in [0.25, 0.3) is 0 Å². The summed E-state index contributed by atoms with van der Waals surface area (Å²) in [5, 5.41) is 9.39. The number of nitrogens with two attached hydrogens (primary N) is 1. The van der Waals surface area contributed by atoms with Crippen LogP contribution in [0.3, 0.4) is 0 Å². The van der Waals surface area contributed by atoms with E-state index in [0.29, 0.717) is 11.7 Å². The van der Waals surface area contributed by atoms with Gasteiger partial charge < -0.3 is 15.7 Å². The van der Waals surface area contributed by atoms with Gasteiger partial charge in [-0.25, -0.2) is 0 Å². The lowest BCUT2D eigenvalue weighted by Gasteiger charge is -2.32. The molecule has 1 aromatic carbocycles. The lowest BCUT2D eigenvalue weighted by atomic mass is 10.0. The average Bonchev–Trinajstić information content (AvgIpc) is 2.35. The highest BCUT2D eigenvalue weighted by Gasteiger charge is 2.16. The maximum atomic E-state index is 9.39. The standard InChI is InChI=1S/C14H22N2O/c1-11(16-7-3-2-4-8-16)9-12-5-6-14(17)13(15)10-12/h5-6,10-11,17H,2-4,7-9,15H2,1H3. The van der Waals surface area contributed by atoms with Gasteiger partial charge in [0.05, 0.1) is 5.69 Å². The predicted molar refractivity (Wildman–Crippen MR) is 71.1 cm³/mol. The van der Waals surface area contributed by atoms with Crippen molar-refractivity contribution in [3.63, 3.8) is 0 Å². The fourth-order valence-corrected chi connectivity index (χ4v) is 2.56. The van der Waals surface area contributed by atoms with Crippen molar-refractivity contribution in [2.45, 2.75) is 38.6 Å². The minimum Gasteiger partial charge on any atom is -0.506 e. The molecule has 0 saturated carbocycles. The normalized spacial score (nSPS) is 19.1. The number of anilines is 1. The summed E-state index contributed by atoms with van der Waals surface area (Å²) < 4.78 is 0. The van der Waals surface area contributed by atoms with Crippen LogP contribution in [-0.4, -0.2) is 29.1 Å². The quantitative estimate of drug-likeness (QED) is 0.623. The zero-order valence-corrected chi connectivity index (χ0v) is 10.5. The van der Waals surface area contributed by atoms with E-state index < -0.39 is 0 Å². The number of nitrogens with zero attached hydrogens (tertiary/aromatic N) is 1. The second kappa shape index (κ2) is 5.41. The van der Waals surface area contributed by atoms with Gasteiger partial charge in [0, 0.05) is 6.04 Å². The van der Waals surface area contributed by atoms with Gasteiger partial charge in [-0.2, -0.15) is 0 Å². The topological polar surface area (TPSA) is 49.5 Å². The molecule has 0 spiro atoms. The third-order valence-electron chi connectivity index (χ3n) is 3.64. The Labute approximate surface area is 103 Å². The Kier molecular flexibility index (Phi) is 3.89. The number of hydrogen-bond acceptors (Lipinski definition) is 3. The lowest BCUT2D eigenvalue weighted by molar-refractivity contribution is 0.173. The first-order valence-corrected chi connectivity index (χ1v) is 6.48. The summed E-state index contributed by atoms with van der Waals surface area (Å²) in [7, 11) is 0. The second-order valence-electron chi connectivity index (χ2n) is 5.04. The van der Waals surface area contributed by atoms with Crippen molar-refractivity contribution < 1.29 is 5.11 Å². The molecule has 1 heterocycles. The Hall–Kier alpha value is -1.22. The smallest absolute Gasteiger partial charge is 0.138 e. The van der Waals surface area contributed by atoms with Gasteiger partial charge >= 0.3 is 0 Å². The number of phenols is 1. The summed E-state index contributed by atoms with van der Waals surface area (Å²) in [4.78, 5) is 2.55. The van der Waals surface area contributed by atoms with Crippen LogP contribution in [0.2, 0.25) is 0 Å². The SMILES string of the molecule is CC(Cc1ccc(O)c(N)c1)N1CCCCC1. The zero-order valence-electron chi connectivity index (χ0n) is 10.5. The molecular weight excluding hydrogens is 212 g/mol. The van der Waals surface area contributed by atoms with E-state index >= 15 is 0 Å². The van der Waals surface area contributed by atoms with Gasteiger partial charge in [-0.05, 0) is 57.0 Å². The monoisotopic (exact) mass is 234 g/mol. The number of hydrogen-bond donors (Lipinski definition) is 2. The first-order chi connectivity index (χ1) is 8.16. The van der Waals surface area contributed by atoms with E-state index in [1.54, 1.807) is 6.07 Å². The summed E-state index contributed by atoms with van der Waals surface area (Å²) in [6.07, 6.45) is 5.02. The van der Waals surface area contributed by atoms with Crippen LogP contribution in [0, 0.1) is 0 Å². The molecule has 1 aliphatic heterocycles. The van der Waals surface area contributed by atoms with Crippen molar-refractivity contribution in [2.24, 2.45) is 0 Å². The van der Waals surface area contributed by atoms with Gasteiger partial charge in [0.25, 0.3) is 0 Å². The van der Waals surface area contributed by atoms with Crippen molar-refractivity contribution >= 4 is 5.69 Å². The molecule has 3 N–H and O–H groups in total. The largest absolute Gasteiger partial charge is 0.506 e. The summed E-state index contributed by atoms with van der Waals surface area (Å²) in [5.74, 6) is 0.180. The molecule has 94 valence electrons. The van der Waals surface area contributed by atoms with Gasteiger partial charge in [0.1, 0.15) is 5.75 Å². The van der Waals surface area contributed by atoms with Crippen molar-refractivity contribution in [3.05, 3.63) is 23.8 Å². The summed E-state index contributed by atoms with van der Waals surface area (Å²) in [5.41, 5.74) is 7.40. The van der Waals surface area contributed by atoms with E-state index in [2.05, 4.69) is 11.8 Å². The van der Waals surface area contributed by atoms with Crippen LogP contribution >= 0.6 is 0 Å². The van der Waals surface area contributed by atoms with Crippen LogP contribution in [0.1, 0.15) is 31.7 Å². The average molecular weight is 234 g/mol. The molecular formula is C14H22N2O. The van der Waals surface area contributed by atoms with Crippen LogP contribution in [0.5, 0.6) is 5.75 Å². The van der Waals surface area contributed by atoms with Gasteiger partial charge in [-0.15, -0.1) is 0 Å². The number of aromatic hydroxyl groups is 1. The number of piperidine rings is 1.